The van der Waals surface area contributed by atoms with Gasteiger partial charge in [-0.1, -0.05) is 24.3 Å². The summed E-state index contributed by atoms with van der Waals surface area (Å²) >= 11 is 0. The number of carbonyl (C=O) groups excluding carboxylic acids is 1. The van der Waals surface area contributed by atoms with Gasteiger partial charge < -0.3 is 10.6 Å². The second-order valence-corrected chi connectivity index (χ2v) is 5.58. The third-order valence-corrected chi connectivity index (χ3v) is 4.14. The summed E-state index contributed by atoms with van der Waals surface area (Å²) in [6, 6.07) is 8.16. The SMILES string of the molecule is NC1(c2ccccc2CC(=O)N2CCCC2)CC1. The lowest BCUT2D eigenvalue weighted by atomic mass is 9.96. The number of likely N-dealkylation sites (tertiary alicyclic amines) is 1. The second-order valence-electron chi connectivity index (χ2n) is 5.58. The first kappa shape index (κ1) is 11.7. The zero-order valence-electron chi connectivity index (χ0n) is 10.7. The summed E-state index contributed by atoms with van der Waals surface area (Å²) in [6.07, 6.45) is 4.89. The number of rotatable bonds is 3. The van der Waals surface area contributed by atoms with Crippen LogP contribution in [0.15, 0.2) is 24.3 Å². The van der Waals surface area contributed by atoms with E-state index in [4.69, 9.17) is 5.73 Å². The summed E-state index contributed by atoms with van der Waals surface area (Å²) in [5, 5.41) is 0. The van der Waals surface area contributed by atoms with Crippen molar-refractivity contribution in [2.24, 2.45) is 5.73 Å². The van der Waals surface area contributed by atoms with E-state index in [1.54, 1.807) is 0 Å². The highest BCUT2D eigenvalue weighted by Crippen LogP contribution is 2.44. The van der Waals surface area contributed by atoms with Crippen LogP contribution in [0.3, 0.4) is 0 Å². The van der Waals surface area contributed by atoms with Crippen molar-refractivity contribution in [3.8, 4) is 0 Å². The minimum absolute atomic E-state index is 0.151. The Hall–Kier alpha value is -1.35. The summed E-state index contributed by atoms with van der Waals surface area (Å²) in [7, 11) is 0. The van der Waals surface area contributed by atoms with Crippen LogP contribution in [0, 0.1) is 0 Å². The minimum atomic E-state index is -0.151. The first-order valence-corrected chi connectivity index (χ1v) is 6.84. The van der Waals surface area contributed by atoms with Gasteiger partial charge in [-0.3, -0.25) is 4.79 Å². The molecule has 3 nitrogen and oxygen atoms in total. The summed E-state index contributed by atoms with van der Waals surface area (Å²) in [6.45, 7) is 1.85. The Bertz CT molecular complexity index is 459. The van der Waals surface area contributed by atoms with Gasteiger partial charge in [-0.2, -0.15) is 0 Å². The number of nitrogens with two attached hydrogens (primary N) is 1. The van der Waals surface area contributed by atoms with Crippen molar-refractivity contribution in [1.29, 1.82) is 0 Å². The molecule has 3 heteroatoms. The monoisotopic (exact) mass is 244 g/mol. The smallest absolute Gasteiger partial charge is 0.227 e. The van der Waals surface area contributed by atoms with Gasteiger partial charge in [-0.05, 0) is 36.8 Å². The van der Waals surface area contributed by atoms with Crippen LogP contribution >= 0.6 is 0 Å². The normalized spacial score (nSPS) is 21.1. The lowest BCUT2D eigenvalue weighted by molar-refractivity contribution is -0.129. The molecule has 1 aliphatic heterocycles. The Morgan fingerprint density at radius 1 is 1.22 bits per heavy atom. The Kier molecular flexibility index (Phi) is 2.86. The topological polar surface area (TPSA) is 46.3 Å². The molecule has 0 radical (unpaired) electrons. The average molecular weight is 244 g/mol. The van der Waals surface area contributed by atoms with Crippen molar-refractivity contribution in [2.45, 2.75) is 37.6 Å². The zero-order chi connectivity index (χ0) is 12.6. The molecule has 0 bridgehead atoms. The quantitative estimate of drug-likeness (QED) is 0.881. The minimum Gasteiger partial charge on any atom is -0.342 e. The molecule has 0 aromatic heterocycles. The fourth-order valence-electron chi connectivity index (χ4n) is 2.81. The summed E-state index contributed by atoms with van der Waals surface area (Å²) in [5.41, 5.74) is 8.42. The van der Waals surface area contributed by atoms with Gasteiger partial charge in [0.05, 0.1) is 6.42 Å². The molecular formula is C15H20N2O. The third-order valence-electron chi connectivity index (χ3n) is 4.14. The molecule has 2 aliphatic rings. The summed E-state index contributed by atoms with van der Waals surface area (Å²) < 4.78 is 0. The van der Waals surface area contributed by atoms with Gasteiger partial charge >= 0.3 is 0 Å². The maximum atomic E-state index is 12.2. The standard InChI is InChI=1S/C15H20N2O/c16-15(7-8-15)13-6-2-1-5-12(13)11-14(18)17-9-3-4-10-17/h1-2,5-6H,3-4,7-11,16H2. The van der Waals surface area contributed by atoms with Crippen LogP contribution in [0.1, 0.15) is 36.8 Å². The molecule has 96 valence electrons. The molecule has 2 N–H and O–H groups in total. The van der Waals surface area contributed by atoms with Gasteiger partial charge in [0, 0.05) is 18.6 Å². The lowest BCUT2D eigenvalue weighted by Gasteiger charge is -2.18. The Morgan fingerprint density at radius 3 is 2.56 bits per heavy atom. The van der Waals surface area contributed by atoms with Crippen LogP contribution in [0.5, 0.6) is 0 Å². The van der Waals surface area contributed by atoms with Crippen molar-refractivity contribution >= 4 is 5.91 Å². The highest BCUT2D eigenvalue weighted by molar-refractivity contribution is 5.79. The van der Waals surface area contributed by atoms with Crippen molar-refractivity contribution in [3.63, 3.8) is 0 Å². The van der Waals surface area contributed by atoms with Gasteiger partial charge in [0.25, 0.3) is 0 Å². The van der Waals surface area contributed by atoms with E-state index in [1.807, 2.05) is 17.0 Å². The summed E-state index contributed by atoms with van der Waals surface area (Å²) in [5.74, 6) is 0.254. The van der Waals surface area contributed by atoms with Gasteiger partial charge in [0.15, 0.2) is 0 Å². The maximum absolute atomic E-state index is 12.2. The van der Waals surface area contributed by atoms with E-state index < -0.39 is 0 Å². The van der Waals surface area contributed by atoms with E-state index in [0.717, 1.165) is 44.3 Å². The first-order chi connectivity index (χ1) is 8.69. The van der Waals surface area contributed by atoms with Crippen LogP contribution in [0.2, 0.25) is 0 Å². The molecule has 1 aromatic carbocycles. The Morgan fingerprint density at radius 2 is 1.89 bits per heavy atom. The molecule has 2 fully saturated rings. The third kappa shape index (κ3) is 2.15. The molecule has 0 atom stereocenters. The molecule has 0 unspecified atom stereocenters. The number of hydrogen-bond donors (Lipinski definition) is 1. The fourth-order valence-corrected chi connectivity index (χ4v) is 2.81. The first-order valence-electron chi connectivity index (χ1n) is 6.84. The Balaban J connectivity index is 1.78. The van der Waals surface area contributed by atoms with Crippen LogP contribution in [-0.2, 0) is 16.8 Å². The van der Waals surface area contributed by atoms with Crippen molar-refractivity contribution in [3.05, 3.63) is 35.4 Å². The van der Waals surface area contributed by atoms with Gasteiger partial charge in [0.2, 0.25) is 5.91 Å². The summed E-state index contributed by atoms with van der Waals surface area (Å²) in [4.78, 5) is 14.2. The van der Waals surface area contributed by atoms with Crippen molar-refractivity contribution in [1.82, 2.24) is 4.90 Å². The largest absolute Gasteiger partial charge is 0.342 e. The number of benzene rings is 1. The molecule has 0 spiro atoms. The second kappa shape index (κ2) is 4.39. The van der Waals surface area contributed by atoms with E-state index >= 15 is 0 Å². The van der Waals surface area contributed by atoms with Gasteiger partial charge in [0.1, 0.15) is 0 Å². The number of amides is 1. The molecule has 1 amide bonds. The van der Waals surface area contributed by atoms with E-state index in [0.29, 0.717) is 6.42 Å². The van der Waals surface area contributed by atoms with Crippen molar-refractivity contribution < 1.29 is 4.79 Å². The molecule has 1 heterocycles. The molecule has 1 saturated carbocycles. The van der Waals surface area contributed by atoms with E-state index in [2.05, 4.69) is 12.1 Å². The highest BCUT2D eigenvalue weighted by Gasteiger charge is 2.41. The molecule has 18 heavy (non-hydrogen) atoms. The van der Waals surface area contributed by atoms with Crippen LogP contribution < -0.4 is 5.73 Å². The van der Waals surface area contributed by atoms with Gasteiger partial charge in [-0.15, -0.1) is 0 Å². The van der Waals surface area contributed by atoms with Crippen LogP contribution in [0.4, 0.5) is 0 Å². The molecule has 3 rings (SSSR count). The molecule has 1 aromatic rings. The average Bonchev–Trinajstić information content (AvgIpc) is 2.93. The Labute approximate surface area is 108 Å². The maximum Gasteiger partial charge on any atom is 0.227 e. The number of nitrogens with zero attached hydrogens (tertiary/aromatic N) is 1. The van der Waals surface area contributed by atoms with Crippen LogP contribution in [-0.4, -0.2) is 23.9 Å². The highest BCUT2D eigenvalue weighted by atomic mass is 16.2. The number of carbonyl (C=O) groups is 1. The van der Waals surface area contributed by atoms with E-state index in [9.17, 15) is 4.79 Å². The lowest BCUT2D eigenvalue weighted by Crippen LogP contribution is -2.30. The predicted octanol–water partition coefficient (Wildman–Crippen LogP) is 1.80. The zero-order valence-corrected chi connectivity index (χ0v) is 10.7. The van der Waals surface area contributed by atoms with Crippen molar-refractivity contribution in [2.75, 3.05) is 13.1 Å². The molecular weight excluding hydrogens is 224 g/mol. The van der Waals surface area contributed by atoms with Crippen LogP contribution in [0.25, 0.3) is 0 Å². The van der Waals surface area contributed by atoms with E-state index in [1.165, 1.54) is 5.56 Å². The predicted molar refractivity (Wildman–Crippen MR) is 71.1 cm³/mol. The fraction of sp³-hybridized carbons (Fsp3) is 0.533. The number of hydrogen-bond acceptors (Lipinski definition) is 2. The molecule has 1 aliphatic carbocycles. The van der Waals surface area contributed by atoms with Gasteiger partial charge in [-0.25, -0.2) is 0 Å². The molecule has 1 saturated heterocycles. The van der Waals surface area contributed by atoms with E-state index in [-0.39, 0.29) is 11.4 Å².